The van der Waals surface area contributed by atoms with Crippen LogP contribution < -0.4 is 5.32 Å². The highest BCUT2D eigenvalue weighted by molar-refractivity contribution is 5.90. The molecule has 1 aromatic heterocycles. The van der Waals surface area contributed by atoms with Crippen LogP contribution in [0, 0.1) is 5.92 Å². The standard InChI is InChI=1S/C16H22N2O3/c19-15(9-12-5-3-1-2-4-6-12)18-14-8-7-13(17-11-14)10-16(20)21/h7-8,11-12H,1-6,9-10H2,(H,18,19)(H,20,21). The molecule has 0 spiro atoms. The molecule has 1 saturated carbocycles. The number of pyridine rings is 1. The van der Waals surface area contributed by atoms with Gasteiger partial charge in [-0.1, -0.05) is 25.7 Å². The van der Waals surface area contributed by atoms with E-state index in [4.69, 9.17) is 5.11 Å². The first kappa shape index (κ1) is 15.5. The van der Waals surface area contributed by atoms with E-state index in [9.17, 15) is 9.59 Å². The zero-order chi connectivity index (χ0) is 15.1. The minimum Gasteiger partial charge on any atom is -0.481 e. The van der Waals surface area contributed by atoms with Gasteiger partial charge in [-0.3, -0.25) is 14.6 Å². The molecule has 5 heteroatoms. The Bertz CT molecular complexity index is 477. The molecule has 114 valence electrons. The van der Waals surface area contributed by atoms with E-state index < -0.39 is 5.97 Å². The summed E-state index contributed by atoms with van der Waals surface area (Å²) >= 11 is 0. The highest BCUT2D eigenvalue weighted by Crippen LogP contribution is 2.25. The number of carbonyl (C=O) groups excluding carboxylic acids is 1. The van der Waals surface area contributed by atoms with Gasteiger partial charge in [0.1, 0.15) is 0 Å². The van der Waals surface area contributed by atoms with E-state index in [2.05, 4.69) is 10.3 Å². The van der Waals surface area contributed by atoms with Crippen molar-refractivity contribution < 1.29 is 14.7 Å². The van der Waals surface area contributed by atoms with Gasteiger partial charge in [-0.2, -0.15) is 0 Å². The smallest absolute Gasteiger partial charge is 0.309 e. The van der Waals surface area contributed by atoms with Crippen molar-refractivity contribution in [3.63, 3.8) is 0 Å². The lowest BCUT2D eigenvalue weighted by molar-refractivity contribution is -0.136. The van der Waals surface area contributed by atoms with Crippen molar-refractivity contribution >= 4 is 17.6 Å². The third kappa shape index (κ3) is 5.53. The lowest BCUT2D eigenvalue weighted by atomic mass is 9.96. The fourth-order valence-electron chi connectivity index (χ4n) is 2.80. The van der Waals surface area contributed by atoms with E-state index in [0.717, 1.165) is 12.8 Å². The molecule has 0 aromatic carbocycles. The number of rotatable bonds is 5. The van der Waals surface area contributed by atoms with Gasteiger partial charge in [-0.15, -0.1) is 0 Å². The maximum Gasteiger partial charge on any atom is 0.309 e. The molecule has 1 aromatic rings. The molecule has 0 radical (unpaired) electrons. The molecule has 1 fully saturated rings. The number of anilines is 1. The Hall–Kier alpha value is -1.91. The number of carboxylic acids is 1. The van der Waals surface area contributed by atoms with E-state index in [1.165, 1.54) is 31.9 Å². The summed E-state index contributed by atoms with van der Waals surface area (Å²) in [6, 6.07) is 3.34. The predicted octanol–water partition coefficient (Wildman–Crippen LogP) is 3.01. The molecule has 5 nitrogen and oxygen atoms in total. The number of aromatic nitrogens is 1. The van der Waals surface area contributed by atoms with Gasteiger partial charge in [0.05, 0.1) is 24.0 Å². The summed E-state index contributed by atoms with van der Waals surface area (Å²) in [6.45, 7) is 0. The summed E-state index contributed by atoms with van der Waals surface area (Å²) < 4.78 is 0. The summed E-state index contributed by atoms with van der Waals surface area (Å²) in [5.41, 5.74) is 1.12. The average molecular weight is 290 g/mol. The highest BCUT2D eigenvalue weighted by atomic mass is 16.4. The van der Waals surface area contributed by atoms with Crippen LogP contribution in [0.5, 0.6) is 0 Å². The van der Waals surface area contributed by atoms with Crippen LogP contribution >= 0.6 is 0 Å². The first-order valence-electron chi connectivity index (χ1n) is 7.60. The second-order valence-corrected chi connectivity index (χ2v) is 5.72. The largest absolute Gasteiger partial charge is 0.481 e. The number of aliphatic carboxylic acids is 1. The zero-order valence-corrected chi connectivity index (χ0v) is 12.2. The molecule has 0 atom stereocenters. The van der Waals surface area contributed by atoms with Crippen molar-refractivity contribution in [3.05, 3.63) is 24.0 Å². The van der Waals surface area contributed by atoms with E-state index in [1.54, 1.807) is 12.1 Å². The quantitative estimate of drug-likeness (QED) is 0.817. The van der Waals surface area contributed by atoms with E-state index >= 15 is 0 Å². The van der Waals surface area contributed by atoms with Gasteiger partial charge in [0, 0.05) is 6.42 Å². The maximum atomic E-state index is 12.0. The van der Waals surface area contributed by atoms with Crippen molar-refractivity contribution in [3.8, 4) is 0 Å². The highest BCUT2D eigenvalue weighted by Gasteiger charge is 2.16. The zero-order valence-electron chi connectivity index (χ0n) is 12.2. The first-order chi connectivity index (χ1) is 10.1. The van der Waals surface area contributed by atoms with Crippen molar-refractivity contribution in [2.75, 3.05) is 5.32 Å². The van der Waals surface area contributed by atoms with Crippen LogP contribution in [0.4, 0.5) is 5.69 Å². The minimum atomic E-state index is -0.910. The number of nitrogens with zero attached hydrogens (tertiary/aromatic N) is 1. The van der Waals surface area contributed by atoms with Crippen molar-refractivity contribution in [2.24, 2.45) is 5.92 Å². The normalized spacial score (nSPS) is 16.2. The maximum absolute atomic E-state index is 12.0. The second kappa shape index (κ2) is 7.76. The van der Waals surface area contributed by atoms with Crippen LogP contribution in [-0.4, -0.2) is 22.0 Å². The Morgan fingerprint density at radius 3 is 2.48 bits per heavy atom. The number of amides is 1. The second-order valence-electron chi connectivity index (χ2n) is 5.72. The molecule has 0 saturated heterocycles. The molecule has 1 aliphatic carbocycles. The van der Waals surface area contributed by atoms with Gasteiger partial charge in [-0.25, -0.2) is 0 Å². The lowest BCUT2D eigenvalue weighted by Gasteiger charge is -2.13. The van der Waals surface area contributed by atoms with Crippen molar-refractivity contribution in [1.29, 1.82) is 0 Å². The topological polar surface area (TPSA) is 79.3 Å². The number of hydrogen-bond donors (Lipinski definition) is 2. The Kier molecular flexibility index (Phi) is 5.72. The van der Waals surface area contributed by atoms with Gasteiger partial charge < -0.3 is 10.4 Å². The third-order valence-corrected chi connectivity index (χ3v) is 3.89. The number of carboxylic acid groups (broad SMARTS) is 1. The van der Waals surface area contributed by atoms with Crippen LogP contribution in [-0.2, 0) is 16.0 Å². The minimum absolute atomic E-state index is 0.0229. The van der Waals surface area contributed by atoms with Gasteiger partial charge in [0.15, 0.2) is 0 Å². The molecule has 1 aliphatic rings. The van der Waals surface area contributed by atoms with Gasteiger partial charge in [-0.05, 0) is 30.9 Å². The predicted molar refractivity (Wildman–Crippen MR) is 80.0 cm³/mol. The lowest BCUT2D eigenvalue weighted by Crippen LogP contribution is -2.16. The molecule has 2 N–H and O–H groups in total. The molecule has 0 bridgehead atoms. The fourth-order valence-corrected chi connectivity index (χ4v) is 2.80. The van der Waals surface area contributed by atoms with Gasteiger partial charge >= 0.3 is 5.97 Å². The van der Waals surface area contributed by atoms with Gasteiger partial charge in [0.25, 0.3) is 0 Å². The van der Waals surface area contributed by atoms with E-state index in [0.29, 0.717) is 23.7 Å². The number of carbonyl (C=O) groups is 2. The number of nitrogens with one attached hydrogen (secondary N) is 1. The summed E-state index contributed by atoms with van der Waals surface area (Å²) in [5, 5.41) is 11.5. The average Bonchev–Trinajstić information content (AvgIpc) is 2.69. The third-order valence-electron chi connectivity index (χ3n) is 3.89. The molecule has 2 rings (SSSR count). The molecule has 0 aliphatic heterocycles. The Morgan fingerprint density at radius 2 is 1.90 bits per heavy atom. The molecule has 1 heterocycles. The molecular weight excluding hydrogens is 268 g/mol. The summed E-state index contributed by atoms with van der Waals surface area (Å²) in [4.78, 5) is 26.6. The van der Waals surface area contributed by atoms with Crippen molar-refractivity contribution in [1.82, 2.24) is 4.98 Å². The van der Waals surface area contributed by atoms with Crippen LogP contribution in [0.15, 0.2) is 18.3 Å². The summed E-state index contributed by atoms with van der Waals surface area (Å²) in [7, 11) is 0. The van der Waals surface area contributed by atoms with Crippen molar-refractivity contribution in [2.45, 2.75) is 51.4 Å². The van der Waals surface area contributed by atoms with Crippen LogP contribution in [0.1, 0.15) is 50.6 Å². The van der Waals surface area contributed by atoms with E-state index in [-0.39, 0.29) is 12.3 Å². The fraction of sp³-hybridized carbons (Fsp3) is 0.562. The van der Waals surface area contributed by atoms with Gasteiger partial charge in [0.2, 0.25) is 5.91 Å². The molecule has 21 heavy (non-hydrogen) atoms. The van der Waals surface area contributed by atoms with Crippen LogP contribution in [0.2, 0.25) is 0 Å². The summed E-state index contributed by atoms with van der Waals surface area (Å²) in [6.07, 6.45) is 9.29. The van der Waals surface area contributed by atoms with E-state index in [1.807, 2.05) is 0 Å². The Balaban J connectivity index is 1.82. The Morgan fingerprint density at radius 1 is 1.19 bits per heavy atom. The Labute approximate surface area is 124 Å². The first-order valence-corrected chi connectivity index (χ1v) is 7.60. The molecule has 1 amide bonds. The van der Waals surface area contributed by atoms with Crippen LogP contribution in [0.3, 0.4) is 0 Å². The monoisotopic (exact) mass is 290 g/mol. The molecule has 0 unspecified atom stereocenters. The summed E-state index contributed by atoms with van der Waals surface area (Å²) in [5.74, 6) is -0.394. The SMILES string of the molecule is O=C(O)Cc1ccc(NC(=O)CC2CCCCCC2)cn1. The van der Waals surface area contributed by atoms with Crippen LogP contribution in [0.25, 0.3) is 0 Å². The molecular formula is C16H22N2O3. The number of hydrogen-bond acceptors (Lipinski definition) is 3.